The number of nitrogens with one attached hydrogen (secondary N) is 1. The summed E-state index contributed by atoms with van der Waals surface area (Å²) in [6, 6.07) is 8.05. The molecule has 30 heavy (non-hydrogen) atoms. The number of hydrogen-bond acceptors (Lipinski definition) is 4. The summed E-state index contributed by atoms with van der Waals surface area (Å²) in [5.41, 5.74) is 2.00. The molecule has 0 spiro atoms. The van der Waals surface area contributed by atoms with Crippen molar-refractivity contribution in [2.24, 2.45) is 5.92 Å². The van der Waals surface area contributed by atoms with Crippen molar-refractivity contribution in [2.45, 2.75) is 38.5 Å². The van der Waals surface area contributed by atoms with Crippen molar-refractivity contribution < 1.29 is 14.3 Å². The van der Waals surface area contributed by atoms with Gasteiger partial charge in [-0.15, -0.1) is 0 Å². The molecule has 7 nitrogen and oxygen atoms in total. The molecule has 0 saturated carbocycles. The number of amides is 3. The van der Waals surface area contributed by atoms with E-state index in [0.29, 0.717) is 39.4 Å². The Morgan fingerprint density at radius 1 is 0.833 bits per heavy atom. The highest BCUT2D eigenvalue weighted by molar-refractivity contribution is 5.93. The molecule has 0 unspecified atom stereocenters. The Hall–Kier alpha value is -2.28. The average Bonchev–Trinajstić information content (AvgIpc) is 3.09. The van der Waals surface area contributed by atoms with E-state index in [1.54, 1.807) is 0 Å². The molecule has 7 heteroatoms. The lowest BCUT2D eigenvalue weighted by Crippen LogP contribution is -2.48. The Morgan fingerprint density at radius 3 is 2.20 bits per heavy atom. The van der Waals surface area contributed by atoms with Crippen LogP contribution in [0.5, 0.6) is 0 Å². The van der Waals surface area contributed by atoms with Crippen LogP contribution in [0.1, 0.15) is 38.5 Å². The van der Waals surface area contributed by atoms with Gasteiger partial charge in [0.25, 0.3) is 0 Å². The standard InChI is InChI=1S/C23H34N4O3/c28-22(26-15-17-30-18-16-26)19-9-13-27(14-10-19)23(29)24-20-7-3-4-8-21(20)25-11-5-1-2-6-12-25/h3-4,7-8,19H,1-2,5-6,9-18H2,(H,24,29). The number of para-hydroxylation sites is 2. The minimum Gasteiger partial charge on any atom is -0.378 e. The van der Waals surface area contributed by atoms with Gasteiger partial charge in [0.15, 0.2) is 0 Å². The summed E-state index contributed by atoms with van der Waals surface area (Å²) in [5.74, 6) is 0.251. The lowest BCUT2D eigenvalue weighted by atomic mass is 9.95. The van der Waals surface area contributed by atoms with Gasteiger partial charge in [-0.25, -0.2) is 4.79 Å². The molecule has 1 aromatic carbocycles. The number of urea groups is 1. The highest BCUT2D eigenvalue weighted by Gasteiger charge is 2.31. The highest BCUT2D eigenvalue weighted by Crippen LogP contribution is 2.29. The topological polar surface area (TPSA) is 65.1 Å². The van der Waals surface area contributed by atoms with Crippen molar-refractivity contribution in [3.05, 3.63) is 24.3 Å². The van der Waals surface area contributed by atoms with Gasteiger partial charge in [0.1, 0.15) is 0 Å². The van der Waals surface area contributed by atoms with Gasteiger partial charge in [-0.1, -0.05) is 25.0 Å². The summed E-state index contributed by atoms with van der Waals surface area (Å²) in [6.45, 7) is 5.97. The lowest BCUT2D eigenvalue weighted by molar-refractivity contribution is -0.140. The Labute approximate surface area is 179 Å². The molecule has 0 aromatic heterocycles. The van der Waals surface area contributed by atoms with Crippen molar-refractivity contribution in [3.63, 3.8) is 0 Å². The molecule has 3 fully saturated rings. The van der Waals surface area contributed by atoms with E-state index in [-0.39, 0.29) is 17.9 Å². The molecule has 3 heterocycles. The third-order valence-corrected chi connectivity index (χ3v) is 6.55. The van der Waals surface area contributed by atoms with Crippen LogP contribution in [0.2, 0.25) is 0 Å². The molecule has 0 radical (unpaired) electrons. The fourth-order valence-corrected chi connectivity index (χ4v) is 4.73. The number of piperidine rings is 1. The quantitative estimate of drug-likeness (QED) is 0.825. The van der Waals surface area contributed by atoms with E-state index in [9.17, 15) is 9.59 Å². The maximum atomic E-state index is 12.9. The van der Waals surface area contributed by atoms with Crippen LogP contribution in [0.3, 0.4) is 0 Å². The van der Waals surface area contributed by atoms with Crippen molar-refractivity contribution >= 4 is 23.3 Å². The Morgan fingerprint density at radius 2 is 1.50 bits per heavy atom. The van der Waals surface area contributed by atoms with Crippen LogP contribution in [0.25, 0.3) is 0 Å². The normalized spacial score (nSPS) is 21.3. The van der Waals surface area contributed by atoms with Gasteiger partial charge in [0, 0.05) is 45.2 Å². The zero-order valence-corrected chi connectivity index (χ0v) is 17.9. The van der Waals surface area contributed by atoms with E-state index < -0.39 is 0 Å². The minimum absolute atomic E-state index is 0.0246. The lowest BCUT2D eigenvalue weighted by Gasteiger charge is -2.35. The maximum absolute atomic E-state index is 12.9. The molecule has 0 atom stereocenters. The van der Waals surface area contributed by atoms with Crippen molar-refractivity contribution in [1.29, 1.82) is 0 Å². The summed E-state index contributed by atoms with van der Waals surface area (Å²) in [7, 11) is 0. The average molecular weight is 415 g/mol. The SMILES string of the molecule is O=C(Nc1ccccc1N1CCCCCC1)N1CCC(C(=O)N2CCOCC2)CC1. The summed E-state index contributed by atoms with van der Waals surface area (Å²) >= 11 is 0. The van der Waals surface area contributed by atoms with Crippen molar-refractivity contribution in [1.82, 2.24) is 9.80 Å². The molecule has 3 aliphatic rings. The first-order valence-corrected chi connectivity index (χ1v) is 11.5. The second-order valence-electron chi connectivity index (χ2n) is 8.55. The fraction of sp³-hybridized carbons (Fsp3) is 0.652. The first-order valence-electron chi connectivity index (χ1n) is 11.5. The number of rotatable bonds is 3. The van der Waals surface area contributed by atoms with E-state index in [4.69, 9.17) is 4.74 Å². The molecule has 3 aliphatic heterocycles. The van der Waals surface area contributed by atoms with E-state index in [2.05, 4.69) is 16.3 Å². The highest BCUT2D eigenvalue weighted by atomic mass is 16.5. The molecule has 164 valence electrons. The first-order chi connectivity index (χ1) is 14.7. The number of carbonyl (C=O) groups is 2. The van der Waals surface area contributed by atoms with Crippen LogP contribution in [0.15, 0.2) is 24.3 Å². The molecule has 1 N–H and O–H groups in total. The monoisotopic (exact) mass is 414 g/mol. The van der Waals surface area contributed by atoms with Crippen LogP contribution < -0.4 is 10.2 Å². The van der Waals surface area contributed by atoms with Crippen LogP contribution in [-0.2, 0) is 9.53 Å². The first kappa shape index (κ1) is 21.0. The summed E-state index contributed by atoms with van der Waals surface area (Å²) < 4.78 is 5.34. The predicted molar refractivity (Wildman–Crippen MR) is 118 cm³/mol. The van der Waals surface area contributed by atoms with Crippen molar-refractivity contribution in [3.8, 4) is 0 Å². The molecular weight excluding hydrogens is 380 g/mol. The van der Waals surface area contributed by atoms with Gasteiger partial charge in [-0.2, -0.15) is 0 Å². The minimum atomic E-state index is -0.0606. The summed E-state index contributed by atoms with van der Waals surface area (Å²) in [6.07, 6.45) is 6.43. The van der Waals surface area contributed by atoms with E-state index >= 15 is 0 Å². The van der Waals surface area contributed by atoms with E-state index in [1.165, 1.54) is 25.7 Å². The van der Waals surface area contributed by atoms with E-state index in [1.807, 2.05) is 28.0 Å². The number of morpholine rings is 1. The zero-order chi connectivity index (χ0) is 20.8. The predicted octanol–water partition coefficient (Wildman–Crippen LogP) is 3.17. The van der Waals surface area contributed by atoms with Crippen LogP contribution in [0, 0.1) is 5.92 Å². The van der Waals surface area contributed by atoms with Gasteiger partial charge < -0.3 is 24.8 Å². The molecular formula is C23H34N4O3. The number of ether oxygens (including phenoxy) is 1. The Bertz CT molecular complexity index is 719. The summed E-state index contributed by atoms with van der Waals surface area (Å²) in [5, 5.41) is 3.14. The molecule has 4 rings (SSSR count). The van der Waals surface area contributed by atoms with Gasteiger partial charge in [-0.3, -0.25) is 4.79 Å². The Balaban J connectivity index is 1.32. The van der Waals surface area contributed by atoms with Gasteiger partial charge in [0.05, 0.1) is 24.6 Å². The number of anilines is 2. The van der Waals surface area contributed by atoms with Gasteiger partial charge in [0.2, 0.25) is 5.91 Å². The van der Waals surface area contributed by atoms with Gasteiger partial charge >= 0.3 is 6.03 Å². The van der Waals surface area contributed by atoms with E-state index in [0.717, 1.165) is 37.3 Å². The second-order valence-corrected chi connectivity index (χ2v) is 8.55. The van der Waals surface area contributed by atoms with Crippen LogP contribution in [0.4, 0.5) is 16.2 Å². The zero-order valence-electron chi connectivity index (χ0n) is 17.9. The number of hydrogen-bond donors (Lipinski definition) is 1. The molecule has 3 amide bonds. The largest absolute Gasteiger partial charge is 0.378 e. The fourth-order valence-electron chi connectivity index (χ4n) is 4.73. The Kier molecular flexibility index (Phi) is 7.10. The third-order valence-electron chi connectivity index (χ3n) is 6.55. The maximum Gasteiger partial charge on any atom is 0.321 e. The van der Waals surface area contributed by atoms with Crippen LogP contribution >= 0.6 is 0 Å². The number of carbonyl (C=O) groups excluding carboxylic acids is 2. The second kappa shape index (κ2) is 10.2. The number of likely N-dealkylation sites (tertiary alicyclic amines) is 1. The molecule has 0 bridgehead atoms. The number of benzene rings is 1. The smallest absolute Gasteiger partial charge is 0.321 e. The van der Waals surface area contributed by atoms with Gasteiger partial charge in [-0.05, 0) is 37.8 Å². The summed E-state index contributed by atoms with van der Waals surface area (Å²) in [4.78, 5) is 31.8. The molecule has 0 aliphatic carbocycles. The van der Waals surface area contributed by atoms with Crippen molar-refractivity contribution in [2.75, 3.05) is 62.7 Å². The number of nitrogens with zero attached hydrogens (tertiary/aromatic N) is 3. The molecule has 1 aromatic rings. The van der Waals surface area contributed by atoms with Crippen LogP contribution in [-0.4, -0.2) is 74.2 Å². The third kappa shape index (κ3) is 5.06. The molecule has 3 saturated heterocycles.